The van der Waals surface area contributed by atoms with E-state index in [9.17, 15) is 0 Å². The Morgan fingerprint density at radius 3 is 2.60 bits per heavy atom. The van der Waals surface area contributed by atoms with Crippen molar-refractivity contribution >= 4 is 11.0 Å². The molecule has 2 nitrogen and oxygen atoms in total. The number of nitrogens with one attached hydrogen (secondary N) is 1. The molecule has 2 aromatic rings. The maximum absolute atomic E-state index is 6.04. The zero-order valence-corrected chi connectivity index (χ0v) is 13.2. The molecule has 1 unspecified atom stereocenters. The van der Waals surface area contributed by atoms with E-state index in [1.54, 1.807) is 0 Å². The predicted molar refractivity (Wildman–Crippen MR) is 86.1 cm³/mol. The van der Waals surface area contributed by atoms with Gasteiger partial charge in [0, 0.05) is 5.39 Å². The van der Waals surface area contributed by atoms with Crippen LogP contribution >= 0.6 is 0 Å². The number of fused-ring (bicyclic) bond motifs is 1. The molecule has 110 valence electrons. The molecule has 1 aromatic heterocycles. The highest BCUT2D eigenvalue weighted by Gasteiger charge is 2.18. The van der Waals surface area contributed by atoms with Gasteiger partial charge >= 0.3 is 0 Å². The Morgan fingerprint density at radius 1 is 1.15 bits per heavy atom. The van der Waals surface area contributed by atoms with Crippen LogP contribution in [0.3, 0.4) is 0 Å². The van der Waals surface area contributed by atoms with Crippen molar-refractivity contribution in [2.75, 3.05) is 6.54 Å². The highest BCUT2D eigenvalue weighted by molar-refractivity contribution is 5.78. The fraction of sp³-hybridized carbons (Fsp3) is 0.556. The highest BCUT2D eigenvalue weighted by atomic mass is 16.3. The van der Waals surface area contributed by atoms with Crippen LogP contribution in [-0.2, 0) is 6.42 Å². The molecule has 0 saturated carbocycles. The van der Waals surface area contributed by atoms with Crippen molar-refractivity contribution < 1.29 is 4.42 Å². The van der Waals surface area contributed by atoms with Crippen LogP contribution in [0.15, 0.2) is 28.7 Å². The van der Waals surface area contributed by atoms with Gasteiger partial charge in [0.25, 0.3) is 0 Å². The average Bonchev–Trinajstić information content (AvgIpc) is 2.84. The Balaban J connectivity index is 2.27. The molecule has 0 aliphatic heterocycles. The van der Waals surface area contributed by atoms with Crippen molar-refractivity contribution in [2.24, 2.45) is 5.92 Å². The van der Waals surface area contributed by atoms with Crippen molar-refractivity contribution in [1.82, 2.24) is 5.32 Å². The summed E-state index contributed by atoms with van der Waals surface area (Å²) < 4.78 is 6.04. The summed E-state index contributed by atoms with van der Waals surface area (Å²) in [4.78, 5) is 0. The van der Waals surface area contributed by atoms with E-state index in [4.69, 9.17) is 4.42 Å². The number of hydrogen-bond donors (Lipinski definition) is 1. The molecule has 0 saturated heterocycles. The zero-order chi connectivity index (χ0) is 14.5. The Morgan fingerprint density at radius 2 is 1.95 bits per heavy atom. The second-order valence-electron chi connectivity index (χ2n) is 5.90. The van der Waals surface area contributed by atoms with Crippen LogP contribution in [0.5, 0.6) is 0 Å². The fourth-order valence-electron chi connectivity index (χ4n) is 2.69. The standard InChI is InChI=1S/C18H27NO/c1-5-7-8-14-9-10-16-15(11-14)12-17(20-16)18(13(3)4)19-6-2/h9-13,18-19H,5-8H2,1-4H3. The van der Waals surface area contributed by atoms with Gasteiger partial charge in [-0.1, -0.05) is 40.2 Å². The van der Waals surface area contributed by atoms with E-state index in [1.807, 2.05) is 0 Å². The molecule has 1 N–H and O–H groups in total. The molecular weight excluding hydrogens is 246 g/mol. The van der Waals surface area contributed by atoms with E-state index in [0.717, 1.165) is 24.3 Å². The summed E-state index contributed by atoms with van der Waals surface area (Å²) >= 11 is 0. The van der Waals surface area contributed by atoms with Crippen LogP contribution in [0.25, 0.3) is 11.0 Å². The van der Waals surface area contributed by atoms with Gasteiger partial charge in [-0.2, -0.15) is 0 Å². The first-order chi connectivity index (χ1) is 9.65. The summed E-state index contributed by atoms with van der Waals surface area (Å²) in [6.07, 6.45) is 3.65. The first-order valence-electron chi connectivity index (χ1n) is 7.91. The van der Waals surface area contributed by atoms with Crippen molar-refractivity contribution in [3.05, 3.63) is 35.6 Å². The van der Waals surface area contributed by atoms with Gasteiger partial charge in [0.2, 0.25) is 0 Å². The predicted octanol–water partition coefficient (Wildman–Crippen LogP) is 5.08. The molecule has 1 aromatic carbocycles. The number of rotatable bonds is 7. The molecule has 0 spiro atoms. The fourth-order valence-corrected chi connectivity index (χ4v) is 2.69. The summed E-state index contributed by atoms with van der Waals surface area (Å²) in [6, 6.07) is 9.10. The lowest BCUT2D eigenvalue weighted by Crippen LogP contribution is -2.24. The van der Waals surface area contributed by atoms with Gasteiger partial charge in [0.05, 0.1) is 6.04 Å². The molecule has 1 atom stereocenters. The van der Waals surface area contributed by atoms with E-state index in [2.05, 4.69) is 57.3 Å². The lowest BCUT2D eigenvalue weighted by molar-refractivity contribution is 0.357. The summed E-state index contributed by atoms with van der Waals surface area (Å²) in [7, 11) is 0. The SMILES string of the molecule is CCCCc1ccc2oc(C(NCC)C(C)C)cc2c1. The molecule has 2 rings (SSSR count). The van der Waals surface area contributed by atoms with Gasteiger partial charge in [-0.15, -0.1) is 0 Å². The van der Waals surface area contributed by atoms with Crippen molar-refractivity contribution in [2.45, 2.75) is 53.0 Å². The Labute approximate surface area is 122 Å². The summed E-state index contributed by atoms with van der Waals surface area (Å²) in [6.45, 7) is 9.79. The van der Waals surface area contributed by atoms with E-state index in [-0.39, 0.29) is 0 Å². The van der Waals surface area contributed by atoms with Gasteiger partial charge in [0.1, 0.15) is 11.3 Å². The number of hydrogen-bond acceptors (Lipinski definition) is 2. The molecule has 0 bridgehead atoms. The molecule has 2 heteroatoms. The van der Waals surface area contributed by atoms with Gasteiger partial charge in [0.15, 0.2) is 0 Å². The van der Waals surface area contributed by atoms with E-state index < -0.39 is 0 Å². The third kappa shape index (κ3) is 3.43. The molecule has 0 radical (unpaired) electrons. The molecule has 1 heterocycles. The Kier molecular flexibility index (Phi) is 5.24. The first kappa shape index (κ1) is 15.1. The van der Waals surface area contributed by atoms with Crippen LogP contribution in [0.2, 0.25) is 0 Å². The average molecular weight is 273 g/mol. The summed E-state index contributed by atoms with van der Waals surface area (Å²) in [5.74, 6) is 1.58. The Hall–Kier alpha value is -1.28. The minimum absolute atomic E-state index is 0.298. The molecular formula is C18H27NO. The number of benzene rings is 1. The van der Waals surface area contributed by atoms with Crippen molar-refractivity contribution in [1.29, 1.82) is 0 Å². The third-order valence-corrected chi connectivity index (χ3v) is 3.82. The van der Waals surface area contributed by atoms with Gasteiger partial charge in [-0.05, 0) is 49.1 Å². The van der Waals surface area contributed by atoms with Crippen LogP contribution in [0.4, 0.5) is 0 Å². The largest absolute Gasteiger partial charge is 0.459 e. The summed E-state index contributed by atoms with van der Waals surface area (Å²) in [5, 5.41) is 4.75. The Bertz CT molecular complexity index is 541. The smallest absolute Gasteiger partial charge is 0.134 e. The maximum Gasteiger partial charge on any atom is 0.134 e. The van der Waals surface area contributed by atoms with Gasteiger partial charge in [-0.3, -0.25) is 0 Å². The molecule has 0 fully saturated rings. The molecule has 0 aliphatic rings. The summed E-state index contributed by atoms with van der Waals surface area (Å²) in [5.41, 5.74) is 2.42. The molecule has 0 aliphatic carbocycles. The lowest BCUT2D eigenvalue weighted by atomic mass is 10.0. The van der Waals surface area contributed by atoms with Crippen LogP contribution in [0.1, 0.15) is 57.9 Å². The van der Waals surface area contributed by atoms with E-state index in [0.29, 0.717) is 12.0 Å². The zero-order valence-electron chi connectivity index (χ0n) is 13.2. The van der Waals surface area contributed by atoms with Gasteiger partial charge in [-0.25, -0.2) is 0 Å². The second kappa shape index (κ2) is 6.94. The topological polar surface area (TPSA) is 25.2 Å². The number of furan rings is 1. The normalized spacial score (nSPS) is 13.2. The monoisotopic (exact) mass is 273 g/mol. The number of aryl methyl sites for hydroxylation is 1. The third-order valence-electron chi connectivity index (χ3n) is 3.82. The maximum atomic E-state index is 6.04. The highest BCUT2D eigenvalue weighted by Crippen LogP contribution is 2.29. The van der Waals surface area contributed by atoms with Crippen molar-refractivity contribution in [3.8, 4) is 0 Å². The van der Waals surface area contributed by atoms with Crippen LogP contribution in [-0.4, -0.2) is 6.54 Å². The number of unbranched alkanes of at least 4 members (excludes halogenated alkanes) is 1. The van der Waals surface area contributed by atoms with Gasteiger partial charge < -0.3 is 9.73 Å². The second-order valence-corrected chi connectivity index (χ2v) is 5.90. The minimum Gasteiger partial charge on any atom is -0.459 e. The van der Waals surface area contributed by atoms with Crippen LogP contribution in [0, 0.1) is 5.92 Å². The first-order valence-corrected chi connectivity index (χ1v) is 7.91. The van der Waals surface area contributed by atoms with Crippen molar-refractivity contribution in [3.63, 3.8) is 0 Å². The molecule has 0 amide bonds. The van der Waals surface area contributed by atoms with E-state index in [1.165, 1.54) is 23.8 Å². The lowest BCUT2D eigenvalue weighted by Gasteiger charge is -2.18. The quantitative estimate of drug-likeness (QED) is 0.760. The molecule has 20 heavy (non-hydrogen) atoms. The van der Waals surface area contributed by atoms with E-state index >= 15 is 0 Å². The van der Waals surface area contributed by atoms with Crippen LogP contribution < -0.4 is 5.32 Å². The minimum atomic E-state index is 0.298.